The Morgan fingerprint density at radius 3 is 2.88 bits per heavy atom. The summed E-state index contributed by atoms with van der Waals surface area (Å²) in [5.41, 5.74) is 5.15. The van der Waals surface area contributed by atoms with Gasteiger partial charge >= 0.3 is 0 Å². The smallest absolute Gasteiger partial charge is 0.124 e. The minimum absolute atomic E-state index is 0.397. The number of benzene rings is 1. The molecule has 32 heavy (non-hydrogen) atoms. The first-order chi connectivity index (χ1) is 15.7. The van der Waals surface area contributed by atoms with E-state index in [0.29, 0.717) is 12.0 Å². The number of rotatable bonds is 7. The zero-order valence-electron chi connectivity index (χ0n) is 19.7. The van der Waals surface area contributed by atoms with E-state index in [4.69, 9.17) is 9.97 Å². The standard InChI is InChI=1S/C27H37N5/c1-3-16-31(25-14-6-10-22-11-7-15-28-27(22)25)20-26-29-23-12-4-5-13-24(23)32(26)19-21-9-8-17-30(2)18-21/h4-5,7,11-13,15,21,25H,3,6,8-10,14,16-20H2,1-2H3/t21-,25?/m0/s1. The Balaban J connectivity index is 1.47. The number of para-hydroxylation sites is 2. The third-order valence-electron chi connectivity index (χ3n) is 7.36. The summed E-state index contributed by atoms with van der Waals surface area (Å²) >= 11 is 0. The van der Waals surface area contributed by atoms with Gasteiger partial charge in [0.15, 0.2) is 0 Å². The summed E-state index contributed by atoms with van der Waals surface area (Å²) in [5, 5.41) is 0. The number of piperidine rings is 1. The first kappa shape index (κ1) is 21.6. The van der Waals surface area contributed by atoms with Gasteiger partial charge in [-0.25, -0.2) is 4.98 Å². The zero-order valence-corrected chi connectivity index (χ0v) is 19.7. The van der Waals surface area contributed by atoms with Gasteiger partial charge in [0.25, 0.3) is 0 Å². The molecule has 0 N–H and O–H groups in total. The molecule has 2 aliphatic rings. The Labute approximate surface area is 192 Å². The second-order valence-corrected chi connectivity index (χ2v) is 9.82. The van der Waals surface area contributed by atoms with Crippen molar-refractivity contribution in [3.8, 4) is 0 Å². The number of pyridine rings is 1. The molecule has 5 rings (SSSR count). The fraction of sp³-hybridized carbons (Fsp3) is 0.556. The normalized spacial score (nSPS) is 21.8. The van der Waals surface area contributed by atoms with Gasteiger partial charge in [0, 0.05) is 19.3 Å². The van der Waals surface area contributed by atoms with Crippen molar-refractivity contribution in [2.24, 2.45) is 5.92 Å². The molecule has 3 heterocycles. The van der Waals surface area contributed by atoms with Gasteiger partial charge in [0.2, 0.25) is 0 Å². The van der Waals surface area contributed by atoms with E-state index < -0.39 is 0 Å². The van der Waals surface area contributed by atoms with E-state index in [9.17, 15) is 0 Å². The summed E-state index contributed by atoms with van der Waals surface area (Å²) in [6.07, 6.45) is 9.33. The Bertz CT molecular complexity index is 1040. The average Bonchev–Trinajstić information content (AvgIpc) is 3.15. The number of likely N-dealkylation sites (tertiary alicyclic amines) is 1. The lowest BCUT2D eigenvalue weighted by atomic mass is 9.90. The highest BCUT2D eigenvalue weighted by Gasteiger charge is 2.28. The third-order valence-corrected chi connectivity index (χ3v) is 7.36. The predicted molar refractivity (Wildman–Crippen MR) is 131 cm³/mol. The molecule has 1 fully saturated rings. The van der Waals surface area contributed by atoms with E-state index >= 15 is 0 Å². The molecule has 1 unspecified atom stereocenters. The quantitative estimate of drug-likeness (QED) is 0.524. The fourth-order valence-electron chi connectivity index (χ4n) is 5.88. The molecule has 1 saturated heterocycles. The molecule has 1 aliphatic carbocycles. The van der Waals surface area contributed by atoms with E-state index in [1.165, 1.54) is 61.4 Å². The summed E-state index contributed by atoms with van der Waals surface area (Å²) in [5.74, 6) is 1.91. The maximum Gasteiger partial charge on any atom is 0.124 e. The van der Waals surface area contributed by atoms with Crippen LogP contribution in [0.5, 0.6) is 0 Å². The molecule has 5 nitrogen and oxygen atoms in total. The van der Waals surface area contributed by atoms with Gasteiger partial charge in [-0.1, -0.05) is 25.1 Å². The predicted octanol–water partition coefficient (Wildman–Crippen LogP) is 5.06. The maximum atomic E-state index is 5.16. The molecule has 2 atom stereocenters. The molecule has 170 valence electrons. The molecule has 1 aromatic carbocycles. The van der Waals surface area contributed by atoms with Crippen LogP contribution in [0.4, 0.5) is 0 Å². The highest BCUT2D eigenvalue weighted by Crippen LogP contribution is 2.34. The number of aromatic nitrogens is 3. The van der Waals surface area contributed by atoms with Crippen LogP contribution in [0.3, 0.4) is 0 Å². The van der Waals surface area contributed by atoms with E-state index in [1.807, 2.05) is 6.20 Å². The average molecular weight is 432 g/mol. The van der Waals surface area contributed by atoms with Crippen LogP contribution < -0.4 is 0 Å². The number of nitrogens with zero attached hydrogens (tertiary/aromatic N) is 5. The minimum atomic E-state index is 0.397. The minimum Gasteiger partial charge on any atom is -0.327 e. The van der Waals surface area contributed by atoms with Gasteiger partial charge in [-0.3, -0.25) is 9.88 Å². The van der Waals surface area contributed by atoms with E-state index in [-0.39, 0.29) is 0 Å². The first-order valence-corrected chi connectivity index (χ1v) is 12.5. The molecule has 1 aliphatic heterocycles. The van der Waals surface area contributed by atoms with E-state index in [0.717, 1.165) is 38.0 Å². The van der Waals surface area contributed by atoms with Crippen LogP contribution in [-0.2, 0) is 19.5 Å². The largest absolute Gasteiger partial charge is 0.327 e. The highest BCUT2D eigenvalue weighted by molar-refractivity contribution is 5.75. The Hall–Kier alpha value is -2.24. The molecule has 0 amide bonds. The van der Waals surface area contributed by atoms with Crippen molar-refractivity contribution < 1.29 is 0 Å². The second kappa shape index (κ2) is 9.72. The van der Waals surface area contributed by atoms with Crippen molar-refractivity contribution in [1.82, 2.24) is 24.3 Å². The monoisotopic (exact) mass is 431 g/mol. The third kappa shape index (κ3) is 4.46. The lowest BCUT2D eigenvalue weighted by Gasteiger charge is -2.35. The lowest BCUT2D eigenvalue weighted by molar-refractivity contribution is 0.156. The molecule has 5 heteroatoms. The number of hydrogen-bond donors (Lipinski definition) is 0. The molecule has 0 bridgehead atoms. The number of imidazole rings is 1. The Morgan fingerprint density at radius 1 is 1.09 bits per heavy atom. The van der Waals surface area contributed by atoms with Gasteiger partial charge in [0.05, 0.1) is 29.3 Å². The van der Waals surface area contributed by atoms with Gasteiger partial charge in [-0.15, -0.1) is 0 Å². The van der Waals surface area contributed by atoms with E-state index in [2.05, 4.69) is 64.7 Å². The van der Waals surface area contributed by atoms with Crippen LogP contribution in [0.1, 0.15) is 62.2 Å². The van der Waals surface area contributed by atoms with Crippen LogP contribution in [0.15, 0.2) is 42.6 Å². The summed E-state index contributed by atoms with van der Waals surface area (Å²) in [4.78, 5) is 15.1. The van der Waals surface area contributed by atoms with Crippen LogP contribution in [0.25, 0.3) is 11.0 Å². The Kier molecular flexibility index (Phi) is 6.56. The topological polar surface area (TPSA) is 37.2 Å². The summed E-state index contributed by atoms with van der Waals surface area (Å²) in [6.45, 7) is 7.74. The molecular formula is C27H37N5. The first-order valence-electron chi connectivity index (χ1n) is 12.5. The van der Waals surface area contributed by atoms with Crippen molar-refractivity contribution in [1.29, 1.82) is 0 Å². The van der Waals surface area contributed by atoms with Crippen molar-refractivity contribution in [2.75, 3.05) is 26.7 Å². The van der Waals surface area contributed by atoms with Gasteiger partial charge in [0.1, 0.15) is 5.82 Å². The summed E-state index contributed by atoms with van der Waals surface area (Å²) < 4.78 is 2.53. The SMILES string of the molecule is CCCN(Cc1nc2ccccc2n1C[C@H]1CCCN(C)C1)C1CCCc2cccnc21. The molecule has 3 aromatic rings. The highest BCUT2D eigenvalue weighted by atomic mass is 15.2. The van der Waals surface area contributed by atoms with Gasteiger partial charge in [-0.05, 0) is 88.3 Å². The van der Waals surface area contributed by atoms with Crippen LogP contribution in [-0.4, -0.2) is 51.0 Å². The van der Waals surface area contributed by atoms with Crippen molar-refractivity contribution in [3.05, 3.63) is 59.7 Å². The van der Waals surface area contributed by atoms with Crippen molar-refractivity contribution in [2.45, 2.75) is 64.6 Å². The summed E-state index contributed by atoms with van der Waals surface area (Å²) in [6, 6.07) is 13.4. The second-order valence-electron chi connectivity index (χ2n) is 9.82. The number of hydrogen-bond acceptors (Lipinski definition) is 4. The van der Waals surface area contributed by atoms with Gasteiger partial charge in [-0.2, -0.15) is 0 Å². The lowest BCUT2D eigenvalue weighted by Crippen LogP contribution is -2.35. The van der Waals surface area contributed by atoms with Crippen LogP contribution in [0, 0.1) is 5.92 Å². The van der Waals surface area contributed by atoms with Crippen LogP contribution >= 0.6 is 0 Å². The summed E-state index contributed by atoms with van der Waals surface area (Å²) in [7, 11) is 2.26. The Morgan fingerprint density at radius 2 is 2.00 bits per heavy atom. The zero-order chi connectivity index (χ0) is 21.9. The van der Waals surface area contributed by atoms with E-state index in [1.54, 1.807) is 0 Å². The van der Waals surface area contributed by atoms with Crippen molar-refractivity contribution >= 4 is 11.0 Å². The van der Waals surface area contributed by atoms with Gasteiger partial charge < -0.3 is 9.47 Å². The maximum absolute atomic E-state index is 5.16. The molecule has 0 spiro atoms. The number of fused-ring (bicyclic) bond motifs is 2. The number of aryl methyl sites for hydroxylation is 1. The molecule has 0 radical (unpaired) electrons. The molecule has 0 saturated carbocycles. The fourth-order valence-corrected chi connectivity index (χ4v) is 5.88. The molecule has 2 aromatic heterocycles. The van der Waals surface area contributed by atoms with Crippen molar-refractivity contribution in [3.63, 3.8) is 0 Å². The molecular weight excluding hydrogens is 394 g/mol. The van der Waals surface area contributed by atoms with Crippen LogP contribution in [0.2, 0.25) is 0 Å².